The van der Waals surface area contributed by atoms with Crippen LogP contribution < -0.4 is 0 Å². The average Bonchev–Trinajstić information content (AvgIpc) is 1.91. The quantitative estimate of drug-likeness (QED) is 0.646. The molecule has 0 radical (unpaired) electrons. The first-order valence-corrected chi connectivity index (χ1v) is 4.79. The van der Waals surface area contributed by atoms with Crippen LogP contribution in [0.25, 0.3) is 0 Å². The summed E-state index contributed by atoms with van der Waals surface area (Å²) in [4.78, 5) is -0.145. The Labute approximate surface area is 77.4 Å². The highest BCUT2D eigenvalue weighted by Gasteiger charge is 2.37. The van der Waals surface area contributed by atoms with E-state index in [9.17, 15) is 13.2 Å². The topological polar surface area (TPSA) is 9.23 Å². The van der Waals surface area contributed by atoms with Gasteiger partial charge in [-0.25, -0.2) is 0 Å². The summed E-state index contributed by atoms with van der Waals surface area (Å²) in [7, 11) is 0. The number of rotatable bonds is 1. The molecule has 0 unspecified atom stereocenters. The first-order valence-electron chi connectivity index (χ1n) is 3.87. The van der Waals surface area contributed by atoms with E-state index in [0.29, 0.717) is 6.42 Å². The number of alkyl halides is 4. The highest BCUT2D eigenvalue weighted by molar-refractivity contribution is 9.09. The molecule has 1 aliphatic rings. The zero-order chi connectivity index (χ0) is 9.19. The van der Waals surface area contributed by atoms with Crippen molar-refractivity contribution in [3.05, 3.63) is 0 Å². The van der Waals surface area contributed by atoms with Crippen molar-refractivity contribution in [3.8, 4) is 0 Å². The molecule has 1 fully saturated rings. The summed E-state index contributed by atoms with van der Waals surface area (Å²) in [6.45, 7) is 0. The van der Waals surface area contributed by atoms with Crippen molar-refractivity contribution in [1.29, 1.82) is 0 Å². The molecule has 0 spiro atoms. The third kappa shape index (κ3) is 3.31. The van der Waals surface area contributed by atoms with Gasteiger partial charge in [0.25, 0.3) is 0 Å². The smallest absolute Gasteiger partial charge is 0.287 e. The molecule has 1 rings (SSSR count). The SMILES string of the molecule is FC(F)(F)O[C@@H]1CCCC[C@H]1Br. The number of hydrogen-bond donors (Lipinski definition) is 0. The van der Waals surface area contributed by atoms with E-state index in [0.717, 1.165) is 19.3 Å². The molecule has 0 saturated heterocycles. The largest absolute Gasteiger partial charge is 0.522 e. The summed E-state index contributed by atoms with van der Waals surface area (Å²) < 4.78 is 39.3. The second kappa shape index (κ2) is 3.96. The van der Waals surface area contributed by atoms with E-state index in [-0.39, 0.29) is 4.83 Å². The van der Waals surface area contributed by atoms with Crippen LogP contribution in [-0.4, -0.2) is 17.3 Å². The minimum Gasteiger partial charge on any atom is -0.287 e. The Morgan fingerprint density at radius 1 is 1.17 bits per heavy atom. The van der Waals surface area contributed by atoms with Crippen molar-refractivity contribution in [2.24, 2.45) is 0 Å². The molecule has 0 aliphatic heterocycles. The molecule has 0 aromatic heterocycles. The van der Waals surface area contributed by atoms with Crippen molar-refractivity contribution in [2.45, 2.75) is 43.0 Å². The zero-order valence-electron chi connectivity index (χ0n) is 6.40. The van der Waals surface area contributed by atoms with Gasteiger partial charge in [0.15, 0.2) is 0 Å². The predicted molar refractivity (Wildman–Crippen MR) is 42.1 cm³/mol. The van der Waals surface area contributed by atoms with Crippen LogP contribution in [0.2, 0.25) is 0 Å². The standard InChI is InChI=1S/C7H10BrF3O/c8-5-3-1-2-4-6(5)12-7(9,10)11/h5-6H,1-4H2/t5-,6-/m1/s1. The maximum atomic E-state index is 11.8. The Balaban J connectivity index is 2.39. The van der Waals surface area contributed by atoms with E-state index in [2.05, 4.69) is 20.7 Å². The van der Waals surface area contributed by atoms with Gasteiger partial charge < -0.3 is 0 Å². The highest BCUT2D eigenvalue weighted by Crippen LogP contribution is 2.31. The average molecular weight is 247 g/mol. The van der Waals surface area contributed by atoms with Crippen molar-refractivity contribution < 1.29 is 17.9 Å². The lowest BCUT2D eigenvalue weighted by atomic mass is 9.98. The molecule has 72 valence electrons. The summed E-state index contributed by atoms with van der Waals surface area (Å²) in [6.07, 6.45) is -2.13. The maximum absolute atomic E-state index is 11.8. The van der Waals surface area contributed by atoms with Crippen LogP contribution in [0.3, 0.4) is 0 Å². The molecule has 0 heterocycles. The zero-order valence-corrected chi connectivity index (χ0v) is 7.99. The lowest BCUT2D eigenvalue weighted by molar-refractivity contribution is -0.344. The molecule has 0 amide bonds. The second-order valence-corrected chi connectivity index (χ2v) is 4.08. The van der Waals surface area contributed by atoms with Gasteiger partial charge in [0.05, 0.1) is 6.10 Å². The van der Waals surface area contributed by atoms with Crippen LogP contribution in [0.4, 0.5) is 13.2 Å². The van der Waals surface area contributed by atoms with Gasteiger partial charge in [-0.2, -0.15) is 0 Å². The molecule has 1 nitrogen and oxygen atoms in total. The van der Waals surface area contributed by atoms with Gasteiger partial charge in [0.2, 0.25) is 0 Å². The van der Waals surface area contributed by atoms with Crippen LogP contribution in [0, 0.1) is 0 Å². The monoisotopic (exact) mass is 246 g/mol. The highest BCUT2D eigenvalue weighted by atomic mass is 79.9. The lowest BCUT2D eigenvalue weighted by Crippen LogP contribution is -2.33. The van der Waals surface area contributed by atoms with Gasteiger partial charge in [0.1, 0.15) is 0 Å². The fourth-order valence-corrected chi connectivity index (χ4v) is 2.05. The van der Waals surface area contributed by atoms with Crippen LogP contribution >= 0.6 is 15.9 Å². The molecular weight excluding hydrogens is 237 g/mol. The number of ether oxygens (including phenoxy) is 1. The Morgan fingerprint density at radius 2 is 1.75 bits per heavy atom. The molecule has 1 saturated carbocycles. The first kappa shape index (κ1) is 10.3. The van der Waals surface area contributed by atoms with Crippen LogP contribution in [0.15, 0.2) is 0 Å². The van der Waals surface area contributed by atoms with Crippen molar-refractivity contribution >= 4 is 15.9 Å². The fraction of sp³-hybridized carbons (Fsp3) is 1.00. The van der Waals surface area contributed by atoms with E-state index >= 15 is 0 Å². The molecule has 0 N–H and O–H groups in total. The van der Waals surface area contributed by atoms with E-state index in [1.807, 2.05) is 0 Å². The molecule has 12 heavy (non-hydrogen) atoms. The first-order chi connectivity index (χ1) is 5.49. The summed E-state index contributed by atoms with van der Waals surface area (Å²) >= 11 is 3.18. The molecule has 2 atom stereocenters. The van der Waals surface area contributed by atoms with E-state index in [1.165, 1.54) is 0 Å². The molecule has 5 heteroatoms. The van der Waals surface area contributed by atoms with Gasteiger partial charge >= 0.3 is 6.36 Å². The Hall–Kier alpha value is 0.230. The van der Waals surface area contributed by atoms with Gasteiger partial charge in [-0.15, -0.1) is 13.2 Å². The minimum absolute atomic E-state index is 0.145. The Bertz CT molecular complexity index is 148. The summed E-state index contributed by atoms with van der Waals surface area (Å²) in [5.74, 6) is 0. The molecule has 0 bridgehead atoms. The van der Waals surface area contributed by atoms with Crippen LogP contribution in [0.1, 0.15) is 25.7 Å². The Kier molecular flexibility index (Phi) is 3.40. The summed E-state index contributed by atoms with van der Waals surface area (Å²) in [6, 6.07) is 0. The number of halogens is 4. The van der Waals surface area contributed by atoms with Gasteiger partial charge in [-0.3, -0.25) is 4.74 Å². The van der Waals surface area contributed by atoms with Gasteiger partial charge in [0, 0.05) is 4.83 Å². The number of hydrogen-bond acceptors (Lipinski definition) is 1. The molecule has 0 aromatic carbocycles. The predicted octanol–water partition coefficient (Wildman–Crippen LogP) is 3.23. The van der Waals surface area contributed by atoms with E-state index in [1.54, 1.807) is 0 Å². The van der Waals surface area contributed by atoms with E-state index < -0.39 is 12.5 Å². The third-order valence-electron chi connectivity index (χ3n) is 1.91. The third-order valence-corrected chi connectivity index (χ3v) is 2.95. The fourth-order valence-electron chi connectivity index (χ4n) is 1.36. The molecular formula is C7H10BrF3O. The summed E-state index contributed by atoms with van der Waals surface area (Å²) in [5, 5.41) is 0. The van der Waals surface area contributed by atoms with Crippen LogP contribution in [0.5, 0.6) is 0 Å². The summed E-state index contributed by atoms with van der Waals surface area (Å²) in [5.41, 5.74) is 0. The van der Waals surface area contributed by atoms with E-state index in [4.69, 9.17) is 0 Å². The van der Waals surface area contributed by atoms with Crippen molar-refractivity contribution in [1.82, 2.24) is 0 Å². The normalized spacial score (nSPS) is 32.0. The lowest BCUT2D eigenvalue weighted by Gasteiger charge is -2.27. The van der Waals surface area contributed by atoms with Gasteiger partial charge in [-0.1, -0.05) is 28.8 Å². The minimum atomic E-state index is -4.49. The maximum Gasteiger partial charge on any atom is 0.522 e. The second-order valence-electron chi connectivity index (χ2n) is 2.90. The Morgan fingerprint density at radius 3 is 2.25 bits per heavy atom. The van der Waals surface area contributed by atoms with Crippen LogP contribution in [-0.2, 0) is 4.74 Å². The molecule has 0 aromatic rings. The van der Waals surface area contributed by atoms with Crippen molar-refractivity contribution in [3.63, 3.8) is 0 Å². The van der Waals surface area contributed by atoms with Crippen molar-refractivity contribution in [2.75, 3.05) is 0 Å². The molecule has 1 aliphatic carbocycles. The van der Waals surface area contributed by atoms with Gasteiger partial charge in [-0.05, 0) is 12.8 Å².